The predicted molar refractivity (Wildman–Crippen MR) is 81.2 cm³/mol. The molecule has 4 heteroatoms. The first-order chi connectivity index (χ1) is 9.58. The van der Waals surface area contributed by atoms with Gasteiger partial charge in [0.05, 0.1) is 5.03 Å². The Morgan fingerprint density at radius 1 is 0.750 bits per heavy atom. The molecular weight excluding hydrogens is 295 g/mol. The van der Waals surface area contributed by atoms with E-state index < -0.39 is 5.24 Å². The first-order valence-electron chi connectivity index (χ1n) is 5.85. The minimum absolute atomic E-state index is 0.173. The van der Waals surface area contributed by atoms with Crippen molar-refractivity contribution in [1.82, 2.24) is 0 Å². The number of hydrogen-bond acceptors (Lipinski definition) is 2. The molecule has 2 nitrogen and oxygen atoms in total. The number of allylic oxidation sites excluding steroid dienone is 1. The Morgan fingerprint density at radius 3 is 1.85 bits per heavy atom. The van der Waals surface area contributed by atoms with Gasteiger partial charge in [0.15, 0.2) is 5.78 Å². The third-order valence-electron chi connectivity index (χ3n) is 2.70. The van der Waals surface area contributed by atoms with Crippen LogP contribution in [0.3, 0.4) is 0 Å². The number of hydrogen-bond donors (Lipinski definition) is 0. The molecule has 0 aliphatic heterocycles. The summed E-state index contributed by atoms with van der Waals surface area (Å²) < 4.78 is 0. The highest BCUT2D eigenvalue weighted by molar-refractivity contribution is 6.67. The van der Waals surface area contributed by atoms with Crippen LogP contribution < -0.4 is 0 Å². The van der Waals surface area contributed by atoms with Crippen molar-refractivity contribution in [3.63, 3.8) is 0 Å². The van der Waals surface area contributed by atoms with Crippen molar-refractivity contribution in [2.75, 3.05) is 0 Å². The molecule has 0 spiro atoms. The lowest BCUT2D eigenvalue weighted by molar-refractivity contribution is 0.104. The normalized spacial score (nSPS) is 11.2. The average Bonchev–Trinajstić information content (AvgIpc) is 2.48. The van der Waals surface area contributed by atoms with E-state index in [9.17, 15) is 9.59 Å². The van der Waals surface area contributed by atoms with Gasteiger partial charge in [-0.1, -0.05) is 54.1 Å². The zero-order valence-corrected chi connectivity index (χ0v) is 11.9. The Morgan fingerprint density at radius 2 is 1.30 bits per heavy atom. The summed E-state index contributed by atoms with van der Waals surface area (Å²) in [5.74, 6) is -0.173. The fourth-order valence-electron chi connectivity index (χ4n) is 1.64. The molecule has 0 heterocycles. The van der Waals surface area contributed by atoms with Crippen molar-refractivity contribution in [1.29, 1.82) is 0 Å². The van der Waals surface area contributed by atoms with Crippen molar-refractivity contribution < 1.29 is 9.59 Å². The summed E-state index contributed by atoms with van der Waals surface area (Å²) in [5, 5.41) is -0.218. The second kappa shape index (κ2) is 6.51. The van der Waals surface area contributed by atoms with E-state index in [4.69, 9.17) is 23.2 Å². The fourth-order valence-corrected chi connectivity index (χ4v) is 2.00. The van der Waals surface area contributed by atoms with Crippen LogP contribution in [0, 0.1) is 0 Å². The second-order valence-electron chi connectivity index (χ2n) is 4.07. The van der Waals surface area contributed by atoms with Crippen LogP contribution in [-0.4, -0.2) is 11.0 Å². The Kier molecular flexibility index (Phi) is 4.72. The van der Waals surface area contributed by atoms with E-state index in [-0.39, 0.29) is 5.78 Å². The lowest BCUT2D eigenvalue weighted by Crippen LogP contribution is -1.94. The molecule has 20 heavy (non-hydrogen) atoms. The highest BCUT2D eigenvalue weighted by atomic mass is 35.5. The molecule has 0 bridgehead atoms. The van der Waals surface area contributed by atoms with Gasteiger partial charge in [-0.15, -0.1) is 0 Å². The number of carbonyl (C=O) groups is 2. The van der Waals surface area contributed by atoms with Crippen LogP contribution in [0.5, 0.6) is 0 Å². The maximum Gasteiger partial charge on any atom is 0.252 e. The molecule has 2 aromatic carbocycles. The molecule has 0 atom stereocenters. The largest absolute Gasteiger partial charge is 0.289 e. The maximum atomic E-state index is 12.0. The lowest BCUT2D eigenvalue weighted by Gasteiger charge is -2.01. The molecule has 0 saturated heterocycles. The summed E-state index contributed by atoms with van der Waals surface area (Å²) in [6.45, 7) is 0. The highest BCUT2D eigenvalue weighted by Crippen LogP contribution is 2.20. The maximum absolute atomic E-state index is 12.0. The molecule has 2 rings (SSSR count). The van der Waals surface area contributed by atoms with Crippen LogP contribution in [0.2, 0.25) is 0 Å². The molecule has 0 aliphatic rings. The molecule has 0 amide bonds. The van der Waals surface area contributed by atoms with Gasteiger partial charge in [0, 0.05) is 17.2 Å². The van der Waals surface area contributed by atoms with Gasteiger partial charge in [0.2, 0.25) is 0 Å². The molecule has 100 valence electrons. The Balaban J connectivity index is 2.22. The molecule has 0 aliphatic carbocycles. The first kappa shape index (κ1) is 14.5. The van der Waals surface area contributed by atoms with Gasteiger partial charge in [0.1, 0.15) is 0 Å². The molecule has 0 fully saturated rings. The summed E-state index contributed by atoms with van der Waals surface area (Å²) >= 11 is 11.5. The zero-order valence-electron chi connectivity index (χ0n) is 10.3. The lowest BCUT2D eigenvalue weighted by atomic mass is 10.1. The van der Waals surface area contributed by atoms with E-state index in [1.54, 1.807) is 48.5 Å². The van der Waals surface area contributed by atoms with Gasteiger partial charge in [-0.25, -0.2) is 0 Å². The van der Waals surface area contributed by atoms with Gasteiger partial charge >= 0.3 is 0 Å². The Labute approximate surface area is 126 Å². The topological polar surface area (TPSA) is 34.1 Å². The predicted octanol–water partition coefficient (Wildman–Crippen LogP) is 4.53. The van der Waals surface area contributed by atoms with Gasteiger partial charge < -0.3 is 0 Å². The van der Waals surface area contributed by atoms with E-state index in [0.29, 0.717) is 21.7 Å². The van der Waals surface area contributed by atoms with Crippen molar-refractivity contribution in [2.45, 2.75) is 0 Å². The first-order valence-corrected chi connectivity index (χ1v) is 6.60. The standard InChI is InChI=1S/C16H10Cl2O2/c17-14(10-15(19)12-4-2-1-3-5-12)11-6-8-13(9-7-11)16(18)20/h1-10H/b14-10-. The minimum atomic E-state index is -0.531. The van der Waals surface area contributed by atoms with Crippen LogP contribution >= 0.6 is 23.2 Å². The van der Waals surface area contributed by atoms with Crippen molar-refractivity contribution in [3.05, 3.63) is 77.4 Å². The van der Waals surface area contributed by atoms with E-state index in [0.717, 1.165) is 0 Å². The SMILES string of the molecule is O=C(Cl)c1ccc(/C(Cl)=C/C(=O)c2ccccc2)cc1. The van der Waals surface area contributed by atoms with Gasteiger partial charge in [-0.05, 0) is 29.3 Å². The second-order valence-corrected chi connectivity index (χ2v) is 4.82. The minimum Gasteiger partial charge on any atom is -0.289 e. The Bertz CT molecular complexity index is 659. The molecule has 0 aromatic heterocycles. The number of halogens is 2. The van der Waals surface area contributed by atoms with Crippen LogP contribution in [0.1, 0.15) is 26.3 Å². The average molecular weight is 305 g/mol. The molecule has 0 N–H and O–H groups in total. The van der Waals surface area contributed by atoms with Crippen molar-refractivity contribution in [2.24, 2.45) is 0 Å². The molecule has 2 aromatic rings. The van der Waals surface area contributed by atoms with E-state index in [2.05, 4.69) is 0 Å². The van der Waals surface area contributed by atoms with Crippen molar-refractivity contribution in [3.8, 4) is 0 Å². The smallest absolute Gasteiger partial charge is 0.252 e. The fraction of sp³-hybridized carbons (Fsp3) is 0. The van der Waals surface area contributed by atoms with Crippen LogP contribution in [-0.2, 0) is 0 Å². The highest BCUT2D eigenvalue weighted by Gasteiger charge is 2.06. The summed E-state index contributed by atoms with van der Waals surface area (Å²) in [7, 11) is 0. The number of ketones is 1. The summed E-state index contributed by atoms with van der Waals surface area (Å²) in [6, 6.07) is 15.3. The number of carbonyl (C=O) groups excluding carboxylic acids is 2. The zero-order chi connectivity index (χ0) is 14.5. The molecule has 0 radical (unpaired) electrons. The van der Waals surface area contributed by atoms with Crippen molar-refractivity contribution >= 4 is 39.3 Å². The third kappa shape index (κ3) is 3.56. The third-order valence-corrected chi connectivity index (χ3v) is 3.25. The van der Waals surface area contributed by atoms with Gasteiger partial charge in [-0.2, -0.15) is 0 Å². The van der Waals surface area contributed by atoms with Crippen LogP contribution in [0.4, 0.5) is 0 Å². The molecule has 0 unspecified atom stereocenters. The van der Waals surface area contributed by atoms with Gasteiger partial charge in [0.25, 0.3) is 5.24 Å². The van der Waals surface area contributed by atoms with E-state index in [1.165, 1.54) is 6.08 Å². The monoisotopic (exact) mass is 304 g/mol. The van der Waals surface area contributed by atoms with E-state index in [1.807, 2.05) is 6.07 Å². The summed E-state index contributed by atoms with van der Waals surface area (Å²) in [5.41, 5.74) is 1.60. The summed E-state index contributed by atoms with van der Waals surface area (Å²) in [6.07, 6.45) is 1.36. The van der Waals surface area contributed by atoms with E-state index >= 15 is 0 Å². The number of benzene rings is 2. The quantitative estimate of drug-likeness (QED) is 0.472. The summed E-state index contributed by atoms with van der Waals surface area (Å²) in [4.78, 5) is 22.9. The molecule has 0 saturated carbocycles. The molecular formula is C16H10Cl2O2. The Hall–Kier alpha value is -1.90. The number of rotatable bonds is 4. The van der Waals surface area contributed by atoms with Crippen LogP contribution in [0.25, 0.3) is 5.03 Å². The van der Waals surface area contributed by atoms with Gasteiger partial charge in [-0.3, -0.25) is 9.59 Å². The van der Waals surface area contributed by atoms with Crippen LogP contribution in [0.15, 0.2) is 60.7 Å².